The molecule has 106 valence electrons. The second-order valence-electron chi connectivity index (χ2n) is 4.81. The summed E-state index contributed by atoms with van der Waals surface area (Å²) in [5.74, 6) is 2.00. The van der Waals surface area contributed by atoms with Crippen molar-refractivity contribution in [3.63, 3.8) is 0 Å². The number of benzene rings is 2. The van der Waals surface area contributed by atoms with Crippen molar-refractivity contribution in [2.24, 2.45) is 0 Å². The Morgan fingerprint density at radius 3 is 2.45 bits per heavy atom. The summed E-state index contributed by atoms with van der Waals surface area (Å²) < 4.78 is 11.1. The van der Waals surface area contributed by atoms with Crippen molar-refractivity contribution in [1.29, 1.82) is 0 Å². The van der Waals surface area contributed by atoms with Crippen LogP contribution >= 0.6 is 11.6 Å². The second-order valence-corrected chi connectivity index (χ2v) is 5.08. The number of ether oxygens (including phenoxy) is 2. The summed E-state index contributed by atoms with van der Waals surface area (Å²) in [6.07, 6.45) is 0. The molecule has 0 unspecified atom stereocenters. The number of hydrogen-bond donors (Lipinski definition) is 0. The van der Waals surface area contributed by atoms with Gasteiger partial charge in [0, 0.05) is 5.56 Å². The number of halogens is 1. The standard InChI is InChI=1S/C17H19ClO2/c1-12-4-5-14(8-13(12)2)11-20-17-7-6-16(19-3)9-15(17)10-18/h4-9H,10-11H2,1-3H3. The van der Waals surface area contributed by atoms with Gasteiger partial charge in [-0.3, -0.25) is 0 Å². The number of methoxy groups -OCH3 is 1. The number of rotatable bonds is 5. The molecule has 2 nitrogen and oxygen atoms in total. The monoisotopic (exact) mass is 290 g/mol. The van der Waals surface area contributed by atoms with Gasteiger partial charge < -0.3 is 9.47 Å². The van der Waals surface area contributed by atoms with E-state index in [4.69, 9.17) is 21.1 Å². The molecule has 20 heavy (non-hydrogen) atoms. The molecule has 0 saturated heterocycles. The lowest BCUT2D eigenvalue weighted by atomic mass is 10.1. The van der Waals surface area contributed by atoms with Crippen LogP contribution in [0, 0.1) is 13.8 Å². The van der Waals surface area contributed by atoms with Crippen LogP contribution in [0.3, 0.4) is 0 Å². The van der Waals surface area contributed by atoms with E-state index in [1.165, 1.54) is 11.1 Å². The molecule has 0 N–H and O–H groups in total. The van der Waals surface area contributed by atoms with Gasteiger partial charge in [0.25, 0.3) is 0 Å². The van der Waals surface area contributed by atoms with E-state index < -0.39 is 0 Å². The fourth-order valence-electron chi connectivity index (χ4n) is 1.98. The largest absolute Gasteiger partial charge is 0.497 e. The van der Waals surface area contributed by atoms with E-state index in [1.807, 2.05) is 18.2 Å². The SMILES string of the molecule is COc1ccc(OCc2ccc(C)c(C)c2)c(CCl)c1. The quantitative estimate of drug-likeness (QED) is 0.748. The number of hydrogen-bond acceptors (Lipinski definition) is 2. The molecule has 0 atom stereocenters. The first-order valence-electron chi connectivity index (χ1n) is 6.56. The first-order valence-corrected chi connectivity index (χ1v) is 7.09. The molecule has 0 bridgehead atoms. The van der Waals surface area contributed by atoms with Gasteiger partial charge in [0.15, 0.2) is 0 Å². The summed E-state index contributed by atoms with van der Waals surface area (Å²) in [4.78, 5) is 0. The molecule has 0 radical (unpaired) electrons. The molecular formula is C17H19ClO2. The fourth-order valence-corrected chi connectivity index (χ4v) is 2.19. The highest BCUT2D eigenvalue weighted by molar-refractivity contribution is 6.17. The first kappa shape index (κ1) is 14.7. The van der Waals surface area contributed by atoms with E-state index in [-0.39, 0.29) is 0 Å². The van der Waals surface area contributed by atoms with Crippen LogP contribution in [-0.4, -0.2) is 7.11 Å². The Labute approximate surface area is 125 Å². The highest BCUT2D eigenvalue weighted by Gasteiger charge is 2.06. The number of alkyl halides is 1. The van der Waals surface area contributed by atoms with Gasteiger partial charge in [0.05, 0.1) is 13.0 Å². The van der Waals surface area contributed by atoms with E-state index in [0.29, 0.717) is 12.5 Å². The van der Waals surface area contributed by atoms with Crippen molar-refractivity contribution >= 4 is 11.6 Å². The van der Waals surface area contributed by atoms with E-state index in [2.05, 4.69) is 32.0 Å². The third kappa shape index (κ3) is 3.45. The van der Waals surface area contributed by atoms with Crippen LogP contribution in [0.5, 0.6) is 11.5 Å². The van der Waals surface area contributed by atoms with Crippen molar-refractivity contribution in [3.05, 3.63) is 58.7 Å². The summed E-state index contributed by atoms with van der Waals surface area (Å²) in [5.41, 5.74) is 4.66. The fraction of sp³-hybridized carbons (Fsp3) is 0.294. The number of aryl methyl sites for hydroxylation is 2. The predicted octanol–water partition coefficient (Wildman–Crippen LogP) is 4.63. The molecule has 2 aromatic rings. The molecule has 0 spiro atoms. The van der Waals surface area contributed by atoms with Gasteiger partial charge in [-0.2, -0.15) is 0 Å². The minimum absolute atomic E-state index is 0.402. The normalized spacial score (nSPS) is 10.4. The highest BCUT2D eigenvalue weighted by Crippen LogP contribution is 2.26. The van der Waals surface area contributed by atoms with Crippen molar-refractivity contribution in [3.8, 4) is 11.5 Å². The van der Waals surface area contributed by atoms with Crippen LogP contribution < -0.4 is 9.47 Å². The maximum Gasteiger partial charge on any atom is 0.124 e. The Morgan fingerprint density at radius 2 is 1.80 bits per heavy atom. The Hall–Kier alpha value is -1.67. The van der Waals surface area contributed by atoms with Crippen molar-refractivity contribution in [2.75, 3.05) is 7.11 Å². The smallest absolute Gasteiger partial charge is 0.124 e. The molecule has 2 rings (SSSR count). The van der Waals surface area contributed by atoms with Gasteiger partial charge in [0.2, 0.25) is 0 Å². The first-order chi connectivity index (χ1) is 9.63. The maximum atomic E-state index is 5.95. The Bertz CT molecular complexity index is 594. The lowest BCUT2D eigenvalue weighted by Gasteiger charge is -2.12. The summed E-state index contributed by atoms with van der Waals surface area (Å²) in [6, 6.07) is 12.0. The predicted molar refractivity (Wildman–Crippen MR) is 82.8 cm³/mol. The zero-order chi connectivity index (χ0) is 14.5. The van der Waals surface area contributed by atoms with Crippen LogP contribution in [-0.2, 0) is 12.5 Å². The van der Waals surface area contributed by atoms with Gasteiger partial charge in [-0.05, 0) is 48.7 Å². The van der Waals surface area contributed by atoms with E-state index >= 15 is 0 Å². The molecule has 0 aliphatic rings. The summed E-state index contributed by atoms with van der Waals surface area (Å²) in [6.45, 7) is 4.75. The lowest BCUT2D eigenvalue weighted by Crippen LogP contribution is -1.99. The van der Waals surface area contributed by atoms with E-state index in [9.17, 15) is 0 Å². The zero-order valence-corrected chi connectivity index (χ0v) is 12.8. The Kier molecular flexibility index (Phi) is 4.91. The van der Waals surface area contributed by atoms with E-state index in [0.717, 1.165) is 22.6 Å². The molecule has 0 aromatic heterocycles. The minimum Gasteiger partial charge on any atom is -0.497 e. The van der Waals surface area contributed by atoms with Crippen molar-refractivity contribution in [1.82, 2.24) is 0 Å². The van der Waals surface area contributed by atoms with Crippen molar-refractivity contribution in [2.45, 2.75) is 26.3 Å². The molecule has 0 aliphatic heterocycles. The molecule has 0 heterocycles. The van der Waals surface area contributed by atoms with E-state index in [1.54, 1.807) is 7.11 Å². The molecular weight excluding hydrogens is 272 g/mol. The second kappa shape index (κ2) is 6.67. The highest BCUT2D eigenvalue weighted by atomic mass is 35.5. The van der Waals surface area contributed by atoms with Gasteiger partial charge in [-0.25, -0.2) is 0 Å². The van der Waals surface area contributed by atoms with Crippen LogP contribution in [0.15, 0.2) is 36.4 Å². The van der Waals surface area contributed by atoms with Crippen LogP contribution in [0.25, 0.3) is 0 Å². The third-order valence-electron chi connectivity index (χ3n) is 3.38. The van der Waals surface area contributed by atoms with Crippen LogP contribution in [0.2, 0.25) is 0 Å². The molecule has 0 saturated carbocycles. The average molecular weight is 291 g/mol. The van der Waals surface area contributed by atoms with Gasteiger partial charge in [-0.15, -0.1) is 11.6 Å². The summed E-state index contributed by atoms with van der Waals surface area (Å²) in [7, 11) is 1.64. The minimum atomic E-state index is 0.402. The molecule has 3 heteroatoms. The summed E-state index contributed by atoms with van der Waals surface area (Å²) >= 11 is 5.95. The van der Waals surface area contributed by atoms with Gasteiger partial charge in [-0.1, -0.05) is 18.2 Å². The van der Waals surface area contributed by atoms with Crippen LogP contribution in [0.4, 0.5) is 0 Å². The topological polar surface area (TPSA) is 18.5 Å². The van der Waals surface area contributed by atoms with Crippen molar-refractivity contribution < 1.29 is 9.47 Å². The lowest BCUT2D eigenvalue weighted by molar-refractivity contribution is 0.303. The third-order valence-corrected chi connectivity index (χ3v) is 3.67. The summed E-state index contributed by atoms with van der Waals surface area (Å²) in [5, 5.41) is 0. The van der Waals surface area contributed by atoms with Gasteiger partial charge in [0.1, 0.15) is 18.1 Å². The zero-order valence-electron chi connectivity index (χ0n) is 12.1. The molecule has 0 amide bonds. The maximum absolute atomic E-state index is 5.95. The van der Waals surface area contributed by atoms with Gasteiger partial charge >= 0.3 is 0 Å². The molecule has 2 aromatic carbocycles. The average Bonchev–Trinajstić information content (AvgIpc) is 2.48. The Balaban J connectivity index is 2.12. The van der Waals surface area contributed by atoms with Crippen LogP contribution in [0.1, 0.15) is 22.3 Å². The molecule has 0 aliphatic carbocycles. The Morgan fingerprint density at radius 1 is 1.00 bits per heavy atom. The molecule has 0 fully saturated rings.